The Morgan fingerprint density at radius 3 is 2.28 bits per heavy atom. The largest absolute Gasteiger partial charge is 0.302 e. The third-order valence-electron chi connectivity index (χ3n) is 4.85. The lowest BCUT2D eigenvalue weighted by molar-refractivity contribution is -0.127. The summed E-state index contributed by atoms with van der Waals surface area (Å²) in [6.07, 6.45) is 0.596. The van der Waals surface area contributed by atoms with Crippen molar-refractivity contribution < 1.29 is 18.4 Å². The van der Waals surface area contributed by atoms with Crippen LogP contribution in [0.3, 0.4) is 0 Å². The molecule has 0 aliphatic rings. The van der Waals surface area contributed by atoms with Crippen molar-refractivity contribution in [3.8, 4) is 0 Å². The van der Waals surface area contributed by atoms with Crippen LogP contribution in [0.15, 0.2) is 42.5 Å². The second kappa shape index (κ2) is 6.87. The zero-order chi connectivity index (χ0) is 18.8. The SMILES string of the molecule is Cc1ccc(F)cc1C(C)(C=O)CC(=O)C(C)(C)c1cccc(F)c1. The average molecular weight is 344 g/mol. The van der Waals surface area contributed by atoms with Crippen LogP contribution < -0.4 is 0 Å². The fourth-order valence-electron chi connectivity index (χ4n) is 3.00. The summed E-state index contributed by atoms with van der Waals surface area (Å²) < 4.78 is 27.2. The van der Waals surface area contributed by atoms with Crippen LogP contribution in [0.5, 0.6) is 0 Å². The van der Waals surface area contributed by atoms with E-state index in [1.807, 2.05) is 0 Å². The van der Waals surface area contributed by atoms with Crippen molar-refractivity contribution in [2.45, 2.75) is 44.9 Å². The molecular formula is C21H22F2O2. The molecule has 2 aromatic carbocycles. The second-order valence-corrected chi connectivity index (χ2v) is 7.23. The second-order valence-electron chi connectivity index (χ2n) is 7.23. The molecule has 0 aromatic heterocycles. The van der Waals surface area contributed by atoms with Crippen molar-refractivity contribution in [1.82, 2.24) is 0 Å². The molecule has 25 heavy (non-hydrogen) atoms. The first kappa shape index (κ1) is 19.0. The minimum Gasteiger partial charge on any atom is -0.302 e. The van der Waals surface area contributed by atoms with Crippen LogP contribution in [0.4, 0.5) is 8.78 Å². The number of Topliss-reactive ketones (excluding diaryl/α,β-unsaturated/α-hetero) is 1. The highest BCUT2D eigenvalue weighted by atomic mass is 19.1. The molecule has 0 aliphatic carbocycles. The molecule has 0 N–H and O–H groups in total. The molecular weight excluding hydrogens is 322 g/mol. The molecule has 2 nitrogen and oxygen atoms in total. The minimum atomic E-state index is -1.14. The van der Waals surface area contributed by atoms with Crippen LogP contribution >= 0.6 is 0 Å². The van der Waals surface area contributed by atoms with Gasteiger partial charge in [-0.1, -0.05) is 18.2 Å². The molecule has 0 spiro atoms. The zero-order valence-corrected chi connectivity index (χ0v) is 14.9. The molecule has 2 rings (SSSR count). The average Bonchev–Trinajstić information content (AvgIpc) is 2.56. The van der Waals surface area contributed by atoms with Gasteiger partial charge in [0.25, 0.3) is 0 Å². The maximum Gasteiger partial charge on any atom is 0.144 e. The fraction of sp³-hybridized carbons (Fsp3) is 0.333. The Bertz CT molecular complexity index is 811. The van der Waals surface area contributed by atoms with Gasteiger partial charge in [-0.25, -0.2) is 8.78 Å². The molecule has 0 heterocycles. The fourth-order valence-corrected chi connectivity index (χ4v) is 3.00. The summed E-state index contributed by atoms with van der Waals surface area (Å²) in [5, 5.41) is 0. The first-order chi connectivity index (χ1) is 11.6. The summed E-state index contributed by atoms with van der Waals surface area (Å²) in [7, 11) is 0. The molecule has 0 saturated carbocycles. The molecule has 0 amide bonds. The Labute approximate surface area is 146 Å². The van der Waals surface area contributed by atoms with E-state index in [0.29, 0.717) is 17.4 Å². The van der Waals surface area contributed by atoms with Gasteiger partial charge < -0.3 is 4.79 Å². The Hall–Kier alpha value is -2.36. The van der Waals surface area contributed by atoms with Gasteiger partial charge in [0.2, 0.25) is 0 Å². The Morgan fingerprint density at radius 1 is 1.04 bits per heavy atom. The van der Waals surface area contributed by atoms with Gasteiger partial charge in [-0.2, -0.15) is 0 Å². The number of carbonyl (C=O) groups is 2. The molecule has 0 aliphatic heterocycles. The molecule has 0 fully saturated rings. The summed E-state index contributed by atoms with van der Waals surface area (Å²) in [5.74, 6) is -1.08. The summed E-state index contributed by atoms with van der Waals surface area (Å²) in [4.78, 5) is 24.8. The van der Waals surface area contributed by atoms with Gasteiger partial charge in [0, 0.05) is 11.8 Å². The minimum absolute atomic E-state index is 0.0929. The summed E-state index contributed by atoms with van der Waals surface area (Å²) >= 11 is 0. The van der Waals surface area contributed by atoms with E-state index in [1.54, 1.807) is 45.9 Å². The van der Waals surface area contributed by atoms with Gasteiger partial charge in [-0.15, -0.1) is 0 Å². The van der Waals surface area contributed by atoms with E-state index in [4.69, 9.17) is 0 Å². The number of rotatable bonds is 6. The van der Waals surface area contributed by atoms with Gasteiger partial charge in [0.1, 0.15) is 23.7 Å². The number of aryl methyl sites for hydroxylation is 1. The van der Waals surface area contributed by atoms with Crippen LogP contribution in [-0.4, -0.2) is 12.1 Å². The molecule has 132 valence electrons. The Balaban J connectivity index is 2.39. The highest BCUT2D eigenvalue weighted by Crippen LogP contribution is 2.34. The maximum atomic E-state index is 13.7. The van der Waals surface area contributed by atoms with Crippen molar-refractivity contribution in [3.05, 3.63) is 70.8 Å². The van der Waals surface area contributed by atoms with E-state index in [2.05, 4.69) is 0 Å². The monoisotopic (exact) mass is 344 g/mol. The number of carbonyl (C=O) groups excluding carboxylic acids is 2. The molecule has 0 saturated heterocycles. The standard InChI is InChI=1S/C21H22F2O2/c1-14-8-9-17(23)11-18(14)21(4,13-24)12-19(25)20(2,3)15-6-5-7-16(22)10-15/h5-11,13H,12H2,1-4H3. The van der Waals surface area contributed by atoms with Crippen molar-refractivity contribution in [2.24, 2.45) is 0 Å². The Kier molecular flexibility index (Phi) is 5.21. The molecule has 2 aromatic rings. The number of benzene rings is 2. The third-order valence-corrected chi connectivity index (χ3v) is 4.85. The highest BCUT2D eigenvalue weighted by Gasteiger charge is 2.38. The predicted octanol–water partition coefficient (Wildman–Crippen LogP) is 4.67. The van der Waals surface area contributed by atoms with Crippen molar-refractivity contribution in [3.63, 3.8) is 0 Å². The normalized spacial score (nSPS) is 14.0. The molecule has 1 unspecified atom stereocenters. The summed E-state index contributed by atoms with van der Waals surface area (Å²) in [6.45, 7) is 6.81. The molecule has 1 atom stereocenters. The lowest BCUT2D eigenvalue weighted by Gasteiger charge is -2.30. The van der Waals surface area contributed by atoms with E-state index in [9.17, 15) is 18.4 Å². The number of hydrogen-bond donors (Lipinski definition) is 0. The number of aldehydes is 1. The first-order valence-corrected chi connectivity index (χ1v) is 8.12. The van der Waals surface area contributed by atoms with E-state index < -0.39 is 22.5 Å². The topological polar surface area (TPSA) is 34.1 Å². The molecule has 0 bridgehead atoms. The zero-order valence-electron chi connectivity index (χ0n) is 14.9. The van der Waals surface area contributed by atoms with Crippen LogP contribution in [0.2, 0.25) is 0 Å². The number of ketones is 1. The summed E-state index contributed by atoms with van der Waals surface area (Å²) in [6, 6.07) is 10.1. The van der Waals surface area contributed by atoms with Gasteiger partial charge in [-0.3, -0.25) is 4.79 Å². The van der Waals surface area contributed by atoms with Crippen molar-refractivity contribution in [1.29, 1.82) is 0 Å². The first-order valence-electron chi connectivity index (χ1n) is 8.12. The van der Waals surface area contributed by atoms with Gasteiger partial charge in [-0.05, 0) is 68.7 Å². The smallest absolute Gasteiger partial charge is 0.144 e. The van der Waals surface area contributed by atoms with Crippen LogP contribution in [0, 0.1) is 18.6 Å². The van der Waals surface area contributed by atoms with Gasteiger partial charge in [0.15, 0.2) is 0 Å². The third kappa shape index (κ3) is 3.84. The van der Waals surface area contributed by atoms with E-state index in [1.165, 1.54) is 24.3 Å². The van der Waals surface area contributed by atoms with Crippen molar-refractivity contribution in [2.75, 3.05) is 0 Å². The Morgan fingerprint density at radius 2 is 1.68 bits per heavy atom. The maximum absolute atomic E-state index is 13.7. The predicted molar refractivity (Wildman–Crippen MR) is 93.6 cm³/mol. The quantitative estimate of drug-likeness (QED) is 0.714. The van der Waals surface area contributed by atoms with Gasteiger partial charge in [0.05, 0.1) is 5.41 Å². The summed E-state index contributed by atoms with van der Waals surface area (Å²) in [5.41, 5.74) is -0.332. The van der Waals surface area contributed by atoms with Crippen molar-refractivity contribution >= 4 is 12.1 Å². The lowest BCUT2D eigenvalue weighted by Crippen LogP contribution is -2.37. The van der Waals surface area contributed by atoms with Crippen LogP contribution in [-0.2, 0) is 20.4 Å². The number of halogens is 2. The van der Waals surface area contributed by atoms with E-state index in [-0.39, 0.29) is 12.2 Å². The van der Waals surface area contributed by atoms with Gasteiger partial charge >= 0.3 is 0 Å². The highest BCUT2D eigenvalue weighted by molar-refractivity contribution is 5.93. The van der Waals surface area contributed by atoms with Crippen LogP contribution in [0.1, 0.15) is 43.9 Å². The van der Waals surface area contributed by atoms with Crippen LogP contribution in [0.25, 0.3) is 0 Å². The van der Waals surface area contributed by atoms with E-state index in [0.717, 1.165) is 5.56 Å². The lowest BCUT2D eigenvalue weighted by atomic mass is 9.71. The molecule has 0 radical (unpaired) electrons. The van der Waals surface area contributed by atoms with E-state index >= 15 is 0 Å². The molecule has 4 heteroatoms. The number of hydrogen-bond acceptors (Lipinski definition) is 2.